The molecule has 0 unspecified atom stereocenters. The number of carbonyl (C=O) groups is 2. The summed E-state index contributed by atoms with van der Waals surface area (Å²) in [6, 6.07) is 19.7. The van der Waals surface area contributed by atoms with Crippen molar-refractivity contribution in [3.05, 3.63) is 71.8 Å². The van der Waals surface area contributed by atoms with Crippen molar-refractivity contribution in [1.29, 1.82) is 0 Å². The van der Waals surface area contributed by atoms with Gasteiger partial charge < -0.3 is 23.7 Å². The number of esters is 2. The summed E-state index contributed by atoms with van der Waals surface area (Å²) >= 11 is 0. The van der Waals surface area contributed by atoms with Crippen molar-refractivity contribution < 1.29 is 33.3 Å². The monoisotopic (exact) mass is 540 g/mol. The molecule has 1 aliphatic heterocycles. The highest BCUT2D eigenvalue weighted by atomic mass is 16.7. The zero-order valence-electron chi connectivity index (χ0n) is 23.8. The minimum atomic E-state index is -0.862. The maximum absolute atomic E-state index is 13.1. The van der Waals surface area contributed by atoms with Gasteiger partial charge in [-0.1, -0.05) is 88.4 Å². The van der Waals surface area contributed by atoms with E-state index in [2.05, 4.69) is 0 Å². The molecule has 0 spiro atoms. The Labute approximate surface area is 233 Å². The van der Waals surface area contributed by atoms with Crippen LogP contribution in [0, 0.1) is 11.8 Å². The van der Waals surface area contributed by atoms with Crippen LogP contribution >= 0.6 is 0 Å². The van der Waals surface area contributed by atoms with E-state index in [1.165, 1.54) is 0 Å². The van der Waals surface area contributed by atoms with Crippen LogP contribution in [0.1, 0.15) is 70.9 Å². The number of hydrogen-bond acceptors (Lipinski definition) is 7. The van der Waals surface area contributed by atoms with E-state index in [1.54, 1.807) is 0 Å². The molecule has 0 N–H and O–H groups in total. The van der Waals surface area contributed by atoms with Crippen molar-refractivity contribution >= 4 is 11.9 Å². The molecule has 3 rings (SSSR count). The fourth-order valence-corrected chi connectivity index (χ4v) is 4.78. The minimum Gasteiger partial charge on any atom is -0.459 e. The van der Waals surface area contributed by atoms with E-state index in [-0.39, 0.29) is 36.8 Å². The summed E-state index contributed by atoms with van der Waals surface area (Å²) in [6.07, 6.45) is 0.220. The lowest BCUT2D eigenvalue weighted by molar-refractivity contribution is -0.269. The number of benzene rings is 2. The first-order valence-electron chi connectivity index (χ1n) is 14.3. The van der Waals surface area contributed by atoms with Crippen LogP contribution in [0.25, 0.3) is 0 Å². The molecule has 1 saturated heterocycles. The van der Waals surface area contributed by atoms with Crippen molar-refractivity contribution in [3.8, 4) is 0 Å². The average Bonchev–Trinajstić information content (AvgIpc) is 2.95. The van der Waals surface area contributed by atoms with Gasteiger partial charge in [0.15, 0.2) is 0 Å². The third-order valence-electron chi connectivity index (χ3n) is 7.32. The average molecular weight is 541 g/mol. The molecule has 0 aromatic heterocycles. The molecule has 2 aromatic rings. The summed E-state index contributed by atoms with van der Waals surface area (Å²) in [5.74, 6) is -0.989. The highest BCUT2D eigenvalue weighted by molar-refractivity contribution is 5.73. The Morgan fingerprint density at radius 1 is 0.769 bits per heavy atom. The molecule has 7 nitrogen and oxygen atoms in total. The molecule has 214 valence electrons. The summed E-state index contributed by atoms with van der Waals surface area (Å²) in [5, 5.41) is 0. The fourth-order valence-electron chi connectivity index (χ4n) is 4.78. The van der Waals surface area contributed by atoms with Crippen LogP contribution in [0.3, 0.4) is 0 Å². The van der Waals surface area contributed by atoms with E-state index in [4.69, 9.17) is 23.7 Å². The molecule has 4 atom stereocenters. The molecular formula is C32H44O7. The topological polar surface area (TPSA) is 80.3 Å². The normalized spacial score (nSPS) is 21.2. The predicted octanol–water partition coefficient (Wildman–Crippen LogP) is 6.23. The minimum absolute atomic E-state index is 0.187. The first kappa shape index (κ1) is 30.8. The molecule has 1 aliphatic rings. The lowest BCUT2D eigenvalue weighted by Gasteiger charge is -2.41. The van der Waals surface area contributed by atoms with E-state index in [1.807, 2.05) is 88.4 Å². The standard InChI is InChI=1S/C32H44O7/c1-5-25(6-2)31(33)38-27-19-29(39-32(34)26(7-3)8-4)37-28(22-35-20-23-15-11-9-12-16-23)30(27)36-21-24-17-13-10-14-18-24/h9-18,25-30H,5-8,19-22H2,1-4H3/t27-,28-,29+,30+/m1/s1. The SMILES string of the molecule is CCC(CC)C(=O)O[C@H]1C[C@@H](OC(=O)C(CC)CC)[C@H](OCc2ccccc2)[C@@H](COCc2ccccc2)O1. The number of rotatable bonds is 15. The molecule has 0 amide bonds. The summed E-state index contributed by atoms with van der Waals surface area (Å²) in [4.78, 5) is 25.9. The molecular weight excluding hydrogens is 496 g/mol. The lowest BCUT2D eigenvalue weighted by Crippen LogP contribution is -2.54. The van der Waals surface area contributed by atoms with Gasteiger partial charge in [-0.2, -0.15) is 0 Å². The Bertz CT molecular complexity index is 973. The van der Waals surface area contributed by atoms with Crippen molar-refractivity contribution in [2.24, 2.45) is 11.8 Å². The smallest absolute Gasteiger partial charge is 0.311 e. The van der Waals surface area contributed by atoms with E-state index >= 15 is 0 Å². The predicted molar refractivity (Wildman–Crippen MR) is 149 cm³/mol. The van der Waals surface area contributed by atoms with Gasteiger partial charge in [0.2, 0.25) is 6.29 Å². The largest absolute Gasteiger partial charge is 0.459 e. The van der Waals surface area contributed by atoms with Crippen molar-refractivity contribution in [3.63, 3.8) is 0 Å². The van der Waals surface area contributed by atoms with Crippen molar-refractivity contribution in [2.75, 3.05) is 6.61 Å². The van der Waals surface area contributed by atoms with Gasteiger partial charge in [0.05, 0.1) is 38.1 Å². The second-order valence-corrected chi connectivity index (χ2v) is 10.0. The molecule has 0 radical (unpaired) electrons. The lowest BCUT2D eigenvalue weighted by atomic mass is 9.99. The van der Waals surface area contributed by atoms with Gasteiger partial charge in [-0.05, 0) is 36.8 Å². The molecule has 0 saturated carbocycles. The summed E-state index contributed by atoms with van der Waals surface area (Å²) in [7, 11) is 0. The maximum Gasteiger partial charge on any atom is 0.311 e. The van der Waals surface area contributed by atoms with Gasteiger partial charge in [-0.25, -0.2) is 0 Å². The quantitative estimate of drug-likeness (QED) is 0.248. The maximum atomic E-state index is 13.1. The first-order valence-corrected chi connectivity index (χ1v) is 14.3. The van der Waals surface area contributed by atoms with Crippen LogP contribution in [0.4, 0.5) is 0 Å². The fraction of sp³-hybridized carbons (Fsp3) is 0.562. The second kappa shape index (κ2) is 16.4. The Hall–Kier alpha value is -2.74. The van der Waals surface area contributed by atoms with Crippen LogP contribution in [-0.4, -0.2) is 43.1 Å². The summed E-state index contributed by atoms with van der Waals surface area (Å²) in [5.41, 5.74) is 2.03. The second-order valence-electron chi connectivity index (χ2n) is 10.0. The molecule has 1 heterocycles. The van der Waals surface area contributed by atoms with E-state index in [9.17, 15) is 9.59 Å². The first-order chi connectivity index (χ1) is 19.0. The third-order valence-corrected chi connectivity index (χ3v) is 7.32. The Kier molecular flexibility index (Phi) is 12.9. The third kappa shape index (κ3) is 9.45. The summed E-state index contributed by atoms with van der Waals surface area (Å²) < 4.78 is 30.6. The molecule has 2 aromatic carbocycles. The molecule has 0 aliphatic carbocycles. The Balaban J connectivity index is 1.81. The summed E-state index contributed by atoms with van der Waals surface area (Å²) in [6.45, 7) is 8.78. The zero-order valence-corrected chi connectivity index (χ0v) is 23.8. The molecule has 7 heteroatoms. The van der Waals surface area contributed by atoms with Gasteiger partial charge in [-0.3, -0.25) is 9.59 Å². The van der Waals surface area contributed by atoms with Crippen molar-refractivity contribution in [1.82, 2.24) is 0 Å². The van der Waals surface area contributed by atoms with Crippen LogP contribution in [0.2, 0.25) is 0 Å². The number of carbonyl (C=O) groups excluding carboxylic acids is 2. The van der Waals surface area contributed by atoms with Gasteiger partial charge >= 0.3 is 11.9 Å². The van der Waals surface area contributed by atoms with Gasteiger partial charge in [0.1, 0.15) is 18.3 Å². The highest BCUT2D eigenvalue weighted by Gasteiger charge is 2.44. The van der Waals surface area contributed by atoms with E-state index in [0.29, 0.717) is 38.9 Å². The molecule has 1 fully saturated rings. The van der Waals surface area contributed by atoms with Crippen LogP contribution in [0.5, 0.6) is 0 Å². The van der Waals surface area contributed by atoms with Crippen LogP contribution in [-0.2, 0) is 46.5 Å². The van der Waals surface area contributed by atoms with Crippen LogP contribution < -0.4 is 0 Å². The van der Waals surface area contributed by atoms with E-state index < -0.39 is 24.6 Å². The number of hydrogen-bond donors (Lipinski definition) is 0. The van der Waals surface area contributed by atoms with Crippen molar-refractivity contribution in [2.45, 2.75) is 97.6 Å². The van der Waals surface area contributed by atoms with Gasteiger partial charge in [0.25, 0.3) is 0 Å². The Morgan fingerprint density at radius 3 is 1.82 bits per heavy atom. The molecule has 0 bridgehead atoms. The van der Waals surface area contributed by atoms with E-state index in [0.717, 1.165) is 11.1 Å². The van der Waals surface area contributed by atoms with Gasteiger partial charge in [-0.15, -0.1) is 0 Å². The van der Waals surface area contributed by atoms with Gasteiger partial charge in [0, 0.05) is 0 Å². The Morgan fingerprint density at radius 2 is 1.28 bits per heavy atom. The van der Waals surface area contributed by atoms with Crippen LogP contribution in [0.15, 0.2) is 60.7 Å². The highest BCUT2D eigenvalue weighted by Crippen LogP contribution is 2.30. The molecule has 39 heavy (non-hydrogen) atoms. The zero-order chi connectivity index (χ0) is 28.0. The number of ether oxygens (including phenoxy) is 5.